The number of ether oxygens (including phenoxy) is 1. The molecule has 4 rings (SSSR count). The number of imidazole rings is 1. The lowest BCUT2D eigenvalue weighted by atomic mass is 10.2. The van der Waals surface area contributed by atoms with E-state index in [1.165, 1.54) is 24.6 Å². The average Bonchev–Trinajstić information content (AvgIpc) is 3.48. The van der Waals surface area contributed by atoms with Crippen LogP contribution in [0.3, 0.4) is 0 Å². The molecular weight excluding hydrogens is 450 g/mol. The van der Waals surface area contributed by atoms with Crippen LogP contribution in [0, 0.1) is 0 Å². The Morgan fingerprint density at radius 2 is 1.88 bits per heavy atom. The van der Waals surface area contributed by atoms with Crippen molar-refractivity contribution >= 4 is 51.6 Å². The van der Waals surface area contributed by atoms with E-state index in [-0.39, 0.29) is 11.8 Å². The van der Waals surface area contributed by atoms with E-state index in [1.54, 1.807) is 36.2 Å². The highest BCUT2D eigenvalue weighted by molar-refractivity contribution is 7.15. The number of methoxy groups -OCH3 is 1. The lowest BCUT2D eigenvalue weighted by Crippen LogP contribution is -2.26. The van der Waals surface area contributed by atoms with Gasteiger partial charge in [-0.15, -0.1) is 11.3 Å². The van der Waals surface area contributed by atoms with Gasteiger partial charge in [-0.3, -0.25) is 14.9 Å². The summed E-state index contributed by atoms with van der Waals surface area (Å²) in [4.78, 5) is 33.2. The van der Waals surface area contributed by atoms with Gasteiger partial charge in [-0.2, -0.15) is 0 Å². The molecule has 2 heterocycles. The van der Waals surface area contributed by atoms with Crippen LogP contribution in [0.5, 0.6) is 0 Å². The van der Waals surface area contributed by atoms with Gasteiger partial charge in [0.2, 0.25) is 5.95 Å². The Morgan fingerprint density at radius 1 is 1.15 bits per heavy atom. The number of aromatic nitrogens is 2. The number of benzene rings is 2. The Labute approximate surface area is 201 Å². The summed E-state index contributed by atoms with van der Waals surface area (Å²) in [5, 5.41) is 2.90. The van der Waals surface area contributed by atoms with E-state index in [1.807, 2.05) is 47.9 Å². The Kier molecular flexibility index (Phi) is 6.65. The van der Waals surface area contributed by atoms with Crippen molar-refractivity contribution in [3.05, 3.63) is 82.2 Å². The summed E-state index contributed by atoms with van der Waals surface area (Å²) in [6.07, 6.45) is 1.36. The van der Waals surface area contributed by atoms with Gasteiger partial charge >= 0.3 is 0 Å². The smallest absolute Gasteiger partial charge is 0.268 e. The molecule has 3 N–H and O–H groups in total. The number of fused-ring (bicyclic) bond motifs is 1. The zero-order valence-corrected chi connectivity index (χ0v) is 19.9. The second-order valence-electron chi connectivity index (χ2n) is 7.44. The Morgan fingerprint density at radius 3 is 2.56 bits per heavy atom. The molecule has 9 heteroatoms. The summed E-state index contributed by atoms with van der Waals surface area (Å²) < 4.78 is 7.14. The maximum absolute atomic E-state index is 12.9. The third kappa shape index (κ3) is 4.38. The van der Waals surface area contributed by atoms with Crippen molar-refractivity contribution in [2.45, 2.75) is 13.5 Å². The van der Waals surface area contributed by atoms with Crippen molar-refractivity contribution < 1.29 is 14.3 Å². The maximum Gasteiger partial charge on any atom is 0.268 e. The molecule has 2 aromatic heterocycles. The number of nitrogens with zero attached hydrogens (tertiary/aromatic N) is 3. The number of nitrogens with one attached hydrogen (secondary N) is 1. The van der Waals surface area contributed by atoms with Gasteiger partial charge in [-0.25, -0.2) is 4.98 Å². The number of thiophene rings is 1. The zero-order valence-electron chi connectivity index (χ0n) is 19.1. The van der Waals surface area contributed by atoms with Crippen LogP contribution in [0.4, 0.5) is 11.6 Å². The second-order valence-corrected chi connectivity index (χ2v) is 8.52. The topological polar surface area (TPSA) is 102 Å². The summed E-state index contributed by atoms with van der Waals surface area (Å²) in [7, 11) is 3.26. The highest BCUT2D eigenvalue weighted by Crippen LogP contribution is 2.28. The molecule has 0 unspecified atom stereocenters. The summed E-state index contributed by atoms with van der Waals surface area (Å²) in [6.45, 7) is 2.60. The highest BCUT2D eigenvalue weighted by Gasteiger charge is 2.18. The van der Waals surface area contributed by atoms with Gasteiger partial charge in [0.1, 0.15) is 0 Å². The van der Waals surface area contributed by atoms with Crippen molar-refractivity contribution in [1.29, 1.82) is 0 Å². The number of nitrogens with two attached hydrogens (primary N) is 1. The van der Waals surface area contributed by atoms with E-state index >= 15 is 0 Å². The van der Waals surface area contributed by atoms with Crippen LogP contribution in [0.15, 0.2) is 66.9 Å². The molecule has 0 atom stereocenters. The van der Waals surface area contributed by atoms with Crippen molar-refractivity contribution in [2.75, 3.05) is 24.4 Å². The SMILES string of the molecule is CCn1c(NC(=O)c2ccc(/C(=C/N)OC)s2)nc2cc(N(C)C(=O)c3ccccc3)ccc21. The fraction of sp³-hybridized carbons (Fsp3) is 0.160. The molecule has 8 nitrogen and oxygen atoms in total. The first-order valence-electron chi connectivity index (χ1n) is 10.7. The predicted octanol–water partition coefficient (Wildman–Crippen LogP) is 4.55. The summed E-state index contributed by atoms with van der Waals surface area (Å²) >= 11 is 1.28. The minimum absolute atomic E-state index is 0.112. The fourth-order valence-corrected chi connectivity index (χ4v) is 4.55. The normalized spacial score (nSPS) is 11.4. The Hall–Kier alpha value is -4.11. The summed E-state index contributed by atoms with van der Waals surface area (Å²) in [5.41, 5.74) is 8.43. The fourth-order valence-electron chi connectivity index (χ4n) is 3.64. The van der Waals surface area contributed by atoms with E-state index in [2.05, 4.69) is 10.3 Å². The van der Waals surface area contributed by atoms with Crippen molar-refractivity contribution in [2.24, 2.45) is 5.73 Å². The van der Waals surface area contributed by atoms with E-state index in [0.29, 0.717) is 39.9 Å². The number of carbonyl (C=O) groups is 2. The van der Waals surface area contributed by atoms with Gasteiger partial charge in [0.15, 0.2) is 5.76 Å². The Balaban J connectivity index is 1.60. The van der Waals surface area contributed by atoms with E-state index in [0.717, 1.165) is 10.4 Å². The van der Waals surface area contributed by atoms with Crippen molar-refractivity contribution in [1.82, 2.24) is 9.55 Å². The van der Waals surface area contributed by atoms with E-state index < -0.39 is 0 Å². The van der Waals surface area contributed by atoms with Crippen LogP contribution >= 0.6 is 11.3 Å². The number of carbonyl (C=O) groups excluding carboxylic acids is 2. The first-order chi connectivity index (χ1) is 16.5. The van der Waals surface area contributed by atoms with Crippen LogP contribution in [-0.2, 0) is 11.3 Å². The first-order valence-corrected chi connectivity index (χ1v) is 11.5. The zero-order chi connectivity index (χ0) is 24.2. The minimum atomic E-state index is -0.273. The molecule has 2 aromatic carbocycles. The number of hydrogen-bond donors (Lipinski definition) is 2. The molecule has 174 valence electrons. The quantitative estimate of drug-likeness (QED) is 0.382. The van der Waals surface area contributed by atoms with Crippen LogP contribution < -0.4 is 16.0 Å². The second kappa shape index (κ2) is 9.80. The molecule has 0 spiro atoms. The number of amides is 2. The van der Waals surface area contributed by atoms with Crippen LogP contribution in [0.2, 0.25) is 0 Å². The number of hydrogen-bond acceptors (Lipinski definition) is 6. The van der Waals surface area contributed by atoms with Gasteiger partial charge < -0.3 is 19.9 Å². The number of aryl methyl sites for hydroxylation is 1. The molecular formula is C25H25N5O3S. The van der Waals surface area contributed by atoms with E-state index in [9.17, 15) is 9.59 Å². The lowest BCUT2D eigenvalue weighted by Gasteiger charge is -2.17. The molecule has 0 bridgehead atoms. The third-order valence-electron chi connectivity index (χ3n) is 5.43. The molecule has 0 aliphatic heterocycles. The largest absolute Gasteiger partial charge is 0.494 e. The number of rotatable bonds is 7. The molecule has 0 fully saturated rings. The van der Waals surface area contributed by atoms with Crippen LogP contribution in [-0.4, -0.2) is 35.5 Å². The summed E-state index contributed by atoms with van der Waals surface area (Å²) in [6, 6.07) is 18.2. The lowest BCUT2D eigenvalue weighted by molar-refractivity contribution is 0.0991. The van der Waals surface area contributed by atoms with Gasteiger partial charge in [0.05, 0.1) is 27.9 Å². The summed E-state index contributed by atoms with van der Waals surface area (Å²) in [5.74, 6) is 0.559. The van der Waals surface area contributed by atoms with Gasteiger partial charge in [0, 0.05) is 31.0 Å². The van der Waals surface area contributed by atoms with Gasteiger partial charge in [-0.1, -0.05) is 18.2 Å². The molecule has 0 radical (unpaired) electrons. The Bertz CT molecular complexity index is 1370. The molecule has 4 aromatic rings. The molecule has 0 aliphatic rings. The van der Waals surface area contributed by atoms with E-state index in [4.69, 9.17) is 10.5 Å². The van der Waals surface area contributed by atoms with Gasteiger partial charge in [0.25, 0.3) is 11.8 Å². The van der Waals surface area contributed by atoms with Crippen molar-refractivity contribution in [3.63, 3.8) is 0 Å². The average molecular weight is 476 g/mol. The third-order valence-corrected chi connectivity index (χ3v) is 6.53. The predicted molar refractivity (Wildman–Crippen MR) is 136 cm³/mol. The molecule has 2 amide bonds. The monoisotopic (exact) mass is 475 g/mol. The molecule has 34 heavy (non-hydrogen) atoms. The minimum Gasteiger partial charge on any atom is -0.494 e. The van der Waals surface area contributed by atoms with Crippen molar-refractivity contribution in [3.8, 4) is 0 Å². The maximum atomic E-state index is 12.9. The molecule has 0 aliphatic carbocycles. The molecule has 0 saturated heterocycles. The first kappa shape index (κ1) is 23.1. The standard InChI is InChI=1S/C25H25N5O3S/c1-4-30-19-11-10-17(29(2)24(32)16-8-6-5-7-9-16)14-18(19)27-25(30)28-23(31)22-13-12-21(34-22)20(15-26)33-3/h5-15H,4,26H2,1-3H3,(H,27,28,31)/b20-15-. The van der Waals surface area contributed by atoms with Crippen LogP contribution in [0.25, 0.3) is 16.8 Å². The number of anilines is 2. The van der Waals surface area contributed by atoms with Crippen LogP contribution in [0.1, 0.15) is 31.8 Å². The molecule has 0 saturated carbocycles. The highest BCUT2D eigenvalue weighted by atomic mass is 32.1. The van der Waals surface area contributed by atoms with Gasteiger partial charge in [-0.05, 0) is 49.4 Å².